The van der Waals surface area contributed by atoms with Gasteiger partial charge in [0.1, 0.15) is 0 Å². The Bertz CT molecular complexity index is 465. The molecule has 110 valence electrons. The number of hydrogen-bond donors (Lipinski definition) is 1. The molecule has 0 bridgehead atoms. The van der Waals surface area contributed by atoms with Gasteiger partial charge >= 0.3 is 0 Å². The lowest BCUT2D eigenvalue weighted by Gasteiger charge is -2.22. The van der Waals surface area contributed by atoms with Crippen molar-refractivity contribution in [2.75, 3.05) is 6.79 Å². The van der Waals surface area contributed by atoms with Gasteiger partial charge in [0, 0.05) is 0 Å². The molecule has 2 aliphatic rings. The van der Waals surface area contributed by atoms with E-state index in [0.717, 1.165) is 24.3 Å². The van der Waals surface area contributed by atoms with Gasteiger partial charge in [-0.25, -0.2) is 0 Å². The Kier molecular flexibility index (Phi) is 3.88. The molecule has 20 heavy (non-hydrogen) atoms. The summed E-state index contributed by atoms with van der Waals surface area (Å²) in [4.78, 5) is 0. The molecule has 1 heterocycles. The Morgan fingerprint density at radius 3 is 2.80 bits per heavy atom. The maximum Gasteiger partial charge on any atom is 0.231 e. The van der Waals surface area contributed by atoms with Crippen LogP contribution in [0, 0.1) is 5.41 Å². The van der Waals surface area contributed by atoms with Gasteiger partial charge in [-0.2, -0.15) is 0 Å². The molecule has 3 heteroatoms. The first-order chi connectivity index (χ1) is 9.73. The second kappa shape index (κ2) is 5.65. The molecule has 1 aliphatic heterocycles. The summed E-state index contributed by atoms with van der Waals surface area (Å²) in [5, 5.41) is 10.5. The number of aliphatic hydroxyl groups excluding tert-OH is 1. The minimum absolute atomic E-state index is 0.153. The lowest BCUT2D eigenvalue weighted by atomic mass is 9.89. The first-order valence-corrected chi connectivity index (χ1v) is 7.80. The van der Waals surface area contributed by atoms with Crippen LogP contribution >= 0.6 is 0 Å². The number of aliphatic hydroxyl groups is 1. The number of hydrogen-bond acceptors (Lipinski definition) is 3. The predicted molar refractivity (Wildman–Crippen MR) is 78.1 cm³/mol. The number of ether oxygens (including phenoxy) is 2. The monoisotopic (exact) mass is 276 g/mol. The summed E-state index contributed by atoms with van der Waals surface area (Å²) in [5.74, 6) is 1.67. The van der Waals surface area contributed by atoms with Crippen LogP contribution in [0.3, 0.4) is 0 Å². The average Bonchev–Trinajstić information content (AvgIpc) is 3.12. The van der Waals surface area contributed by atoms with Crippen LogP contribution in [0.15, 0.2) is 18.2 Å². The molecule has 1 aliphatic carbocycles. The fourth-order valence-electron chi connectivity index (χ4n) is 3.15. The molecule has 1 unspecified atom stereocenters. The summed E-state index contributed by atoms with van der Waals surface area (Å²) >= 11 is 0. The largest absolute Gasteiger partial charge is 0.454 e. The van der Waals surface area contributed by atoms with E-state index in [0.29, 0.717) is 6.79 Å². The van der Waals surface area contributed by atoms with Gasteiger partial charge in [-0.3, -0.25) is 0 Å². The first-order valence-electron chi connectivity index (χ1n) is 7.80. The Morgan fingerprint density at radius 1 is 1.25 bits per heavy atom. The molecule has 3 rings (SSSR count). The zero-order valence-corrected chi connectivity index (χ0v) is 12.2. The quantitative estimate of drug-likeness (QED) is 0.825. The Hall–Kier alpha value is -1.22. The molecule has 1 aromatic rings. The van der Waals surface area contributed by atoms with Gasteiger partial charge in [0.2, 0.25) is 6.79 Å². The Balaban J connectivity index is 1.54. The summed E-state index contributed by atoms with van der Waals surface area (Å²) in [5.41, 5.74) is 1.46. The predicted octanol–water partition coefficient (Wildman–Crippen LogP) is 3.68. The molecule has 1 saturated carbocycles. The zero-order chi connectivity index (χ0) is 14.0. The number of aryl methyl sites for hydroxylation is 1. The van der Waals surface area contributed by atoms with Crippen molar-refractivity contribution in [1.29, 1.82) is 0 Å². The van der Waals surface area contributed by atoms with Crippen LogP contribution in [0.4, 0.5) is 0 Å². The van der Waals surface area contributed by atoms with E-state index in [1.54, 1.807) is 0 Å². The third kappa shape index (κ3) is 2.78. The second-order valence-electron chi connectivity index (χ2n) is 6.21. The fraction of sp³-hybridized carbons (Fsp3) is 0.647. The highest BCUT2D eigenvalue weighted by Gasteiger charge is 2.47. The molecule has 1 fully saturated rings. The van der Waals surface area contributed by atoms with E-state index >= 15 is 0 Å². The second-order valence-corrected chi connectivity index (χ2v) is 6.21. The summed E-state index contributed by atoms with van der Waals surface area (Å²) in [6.07, 6.45) is 7.66. The van der Waals surface area contributed by atoms with Crippen LogP contribution in [0.5, 0.6) is 11.5 Å². The lowest BCUT2D eigenvalue weighted by molar-refractivity contribution is 0.0777. The molecular formula is C17H24O3. The van der Waals surface area contributed by atoms with Gasteiger partial charge in [-0.1, -0.05) is 25.8 Å². The average molecular weight is 276 g/mol. The van der Waals surface area contributed by atoms with Crippen LogP contribution in [0.1, 0.15) is 51.0 Å². The van der Waals surface area contributed by atoms with E-state index in [9.17, 15) is 5.11 Å². The van der Waals surface area contributed by atoms with Gasteiger partial charge < -0.3 is 14.6 Å². The normalized spacial score (nSPS) is 19.9. The Labute approximate surface area is 120 Å². The maximum atomic E-state index is 10.5. The minimum atomic E-state index is -0.153. The first kappa shape index (κ1) is 13.7. The van der Waals surface area contributed by atoms with Gasteiger partial charge in [0.15, 0.2) is 11.5 Å². The molecule has 0 radical (unpaired) electrons. The smallest absolute Gasteiger partial charge is 0.231 e. The van der Waals surface area contributed by atoms with E-state index in [4.69, 9.17) is 9.47 Å². The molecule has 0 aromatic heterocycles. The topological polar surface area (TPSA) is 38.7 Å². The molecule has 1 aromatic carbocycles. The molecule has 1 atom stereocenters. The van der Waals surface area contributed by atoms with Gasteiger partial charge in [-0.15, -0.1) is 0 Å². The van der Waals surface area contributed by atoms with Crippen molar-refractivity contribution >= 4 is 0 Å². The van der Waals surface area contributed by atoms with E-state index < -0.39 is 0 Å². The highest BCUT2D eigenvalue weighted by Crippen LogP contribution is 2.53. The van der Waals surface area contributed by atoms with Gasteiger partial charge in [0.05, 0.1) is 6.10 Å². The van der Waals surface area contributed by atoms with Crippen molar-refractivity contribution in [2.45, 2.75) is 58.0 Å². The maximum absolute atomic E-state index is 10.5. The molecule has 0 spiro atoms. The molecule has 0 saturated heterocycles. The fourth-order valence-corrected chi connectivity index (χ4v) is 3.15. The van der Waals surface area contributed by atoms with E-state index in [1.165, 1.54) is 37.7 Å². The van der Waals surface area contributed by atoms with Crippen molar-refractivity contribution in [2.24, 2.45) is 5.41 Å². The van der Waals surface area contributed by atoms with Crippen molar-refractivity contribution < 1.29 is 14.6 Å². The summed E-state index contributed by atoms with van der Waals surface area (Å²) in [6.45, 7) is 2.54. The van der Waals surface area contributed by atoms with Crippen LogP contribution in [-0.4, -0.2) is 18.0 Å². The van der Waals surface area contributed by atoms with Crippen LogP contribution < -0.4 is 9.47 Å². The SMILES string of the molecule is CCCCC1(C(O)CCc2ccc3c(c2)OCO3)CC1. The summed E-state index contributed by atoms with van der Waals surface area (Å²) < 4.78 is 10.7. The number of rotatable bonds is 7. The van der Waals surface area contributed by atoms with Crippen molar-refractivity contribution in [3.8, 4) is 11.5 Å². The Morgan fingerprint density at radius 2 is 2.05 bits per heavy atom. The standard InChI is InChI=1S/C17H24O3/c1-2-3-8-17(9-10-17)16(18)7-5-13-4-6-14-15(11-13)20-12-19-14/h4,6,11,16,18H,2-3,5,7-10,12H2,1H3. The third-order valence-corrected chi connectivity index (χ3v) is 4.77. The van der Waals surface area contributed by atoms with Crippen LogP contribution in [0.2, 0.25) is 0 Å². The zero-order valence-electron chi connectivity index (χ0n) is 12.2. The highest BCUT2D eigenvalue weighted by molar-refractivity contribution is 5.44. The summed E-state index contributed by atoms with van der Waals surface area (Å²) in [7, 11) is 0. The molecule has 1 N–H and O–H groups in total. The summed E-state index contributed by atoms with van der Waals surface area (Å²) in [6, 6.07) is 6.08. The van der Waals surface area contributed by atoms with Gasteiger partial charge in [-0.05, 0) is 55.2 Å². The molecular weight excluding hydrogens is 252 g/mol. The van der Waals surface area contributed by atoms with Gasteiger partial charge in [0.25, 0.3) is 0 Å². The van der Waals surface area contributed by atoms with Crippen molar-refractivity contribution in [3.63, 3.8) is 0 Å². The third-order valence-electron chi connectivity index (χ3n) is 4.77. The van der Waals surface area contributed by atoms with Crippen LogP contribution in [-0.2, 0) is 6.42 Å². The number of unbranched alkanes of at least 4 members (excludes halogenated alkanes) is 1. The highest BCUT2D eigenvalue weighted by atomic mass is 16.7. The number of benzene rings is 1. The van der Waals surface area contributed by atoms with E-state index in [2.05, 4.69) is 13.0 Å². The van der Waals surface area contributed by atoms with Crippen molar-refractivity contribution in [1.82, 2.24) is 0 Å². The molecule has 3 nitrogen and oxygen atoms in total. The lowest BCUT2D eigenvalue weighted by Crippen LogP contribution is -2.22. The van der Waals surface area contributed by atoms with E-state index in [1.807, 2.05) is 12.1 Å². The number of fused-ring (bicyclic) bond motifs is 1. The minimum Gasteiger partial charge on any atom is -0.454 e. The van der Waals surface area contributed by atoms with E-state index in [-0.39, 0.29) is 11.5 Å². The van der Waals surface area contributed by atoms with Crippen LogP contribution in [0.25, 0.3) is 0 Å². The molecule has 0 amide bonds. The van der Waals surface area contributed by atoms with Crippen molar-refractivity contribution in [3.05, 3.63) is 23.8 Å².